The summed E-state index contributed by atoms with van der Waals surface area (Å²) in [6.45, 7) is 1.95. The van der Waals surface area contributed by atoms with Crippen LogP contribution in [0.5, 0.6) is 0 Å². The number of nitrogens with zero attached hydrogens (tertiary/aromatic N) is 2. The Labute approximate surface area is 83.3 Å². The molecule has 1 aromatic rings. The molecule has 0 radical (unpaired) electrons. The predicted octanol–water partition coefficient (Wildman–Crippen LogP) is 1.14. The number of rotatable bonds is 3. The van der Waals surface area contributed by atoms with Crippen molar-refractivity contribution in [2.45, 2.75) is 19.8 Å². The molecule has 0 aliphatic carbocycles. The maximum atomic E-state index is 11.3. The molecule has 4 heteroatoms. The van der Waals surface area contributed by atoms with Crippen LogP contribution < -0.4 is 5.32 Å². The molecule has 0 saturated carbocycles. The van der Waals surface area contributed by atoms with Crippen LogP contribution in [0.3, 0.4) is 0 Å². The van der Waals surface area contributed by atoms with E-state index in [4.69, 9.17) is 6.42 Å². The maximum absolute atomic E-state index is 11.3. The highest BCUT2D eigenvalue weighted by atomic mass is 16.1. The molecule has 0 fully saturated rings. The summed E-state index contributed by atoms with van der Waals surface area (Å²) < 4.78 is 1.56. The number of anilines is 1. The number of carbonyl (C=O) groups is 1. The van der Waals surface area contributed by atoms with E-state index in [2.05, 4.69) is 16.3 Å². The predicted molar refractivity (Wildman–Crippen MR) is 54.7 cm³/mol. The molecule has 14 heavy (non-hydrogen) atoms. The number of nitrogens with one attached hydrogen (secondary N) is 1. The zero-order valence-corrected chi connectivity index (χ0v) is 8.37. The van der Waals surface area contributed by atoms with Gasteiger partial charge in [-0.15, -0.1) is 6.42 Å². The quantitative estimate of drug-likeness (QED) is 0.728. The van der Waals surface area contributed by atoms with Gasteiger partial charge in [0.15, 0.2) is 0 Å². The van der Waals surface area contributed by atoms with Crippen molar-refractivity contribution in [2.75, 3.05) is 5.32 Å². The molecule has 0 unspecified atom stereocenters. The third-order valence-corrected chi connectivity index (χ3v) is 1.77. The number of amides is 1. The molecular formula is C10H13N3O. The average molecular weight is 191 g/mol. The molecule has 1 heterocycles. The van der Waals surface area contributed by atoms with Gasteiger partial charge in [-0.25, -0.2) is 0 Å². The van der Waals surface area contributed by atoms with Gasteiger partial charge >= 0.3 is 0 Å². The minimum absolute atomic E-state index is 0.0147. The van der Waals surface area contributed by atoms with Gasteiger partial charge in [0.25, 0.3) is 0 Å². The molecular weight excluding hydrogens is 178 g/mol. The third-order valence-electron chi connectivity index (χ3n) is 1.77. The molecule has 74 valence electrons. The second kappa shape index (κ2) is 4.47. The zero-order chi connectivity index (χ0) is 10.6. The van der Waals surface area contributed by atoms with Crippen LogP contribution in [0.25, 0.3) is 0 Å². The molecule has 0 bridgehead atoms. The lowest BCUT2D eigenvalue weighted by atomic mass is 10.3. The van der Waals surface area contributed by atoms with Crippen molar-refractivity contribution in [3.63, 3.8) is 0 Å². The topological polar surface area (TPSA) is 46.9 Å². The third kappa shape index (κ3) is 2.36. The highest BCUT2D eigenvalue weighted by Crippen LogP contribution is 2.08. The summed E-state index contributed by atoms with van der Waals surface area (Å²) >= 11 is 0. The lowest BCUT2D eigenvalue weighted by Gasteiger charge is -2.02. The summed E-state index contributed by atoms with van der Waals surface area (Å²) in [7, 11) is 1.74. The second-order valence-corrected chi connectivity index (χ2v) is 2.98. The largest absolute Gasteiger partial charge is 0.311 e. The Kier molecular flexibility index (Phi) is 3.29. The smallest absolute Gasteiger partial charge is 0.225 e. The number of aromatic nitrogens is 2. The molecule has 4 nitrogen and oxygen atoms in total. The second-order valence-electron chi connectivity index (χ2n) is 2.98. The summed E-state index contributed by atoms with van der Waals surface area (Å²) in [5, 5.41) is 6.74. The number of terminal acetylenes is 1. The van der Waals surface area contributed by atoms with Crippen LogP contribution in [0.1, 0.15) is 25.5 Å². The molecule has 0 spiro atoms. The van der Waals surface area contributed by atoms with Crippen molar-refractivity contribution in [3.05, 3.63) is 11.8 Å². The molecule has 1 amide bonds. The molecule has 0 aliphatic rings. The van der Waals surface area contributed by atoms with E-state index in [1.807, 2.05) is 6.92 Å². The Morgan fingerprint density at radius 1 is 1.79 bits per heavy atom. The first-order valence-corrected chi connectivity index (χ1v) is 4.48. The molecule has 1 rings (SSSR count). The zero-order valence-electron chi connectivity index (χ0n) is 8.37. The first kappa shape index (κ1) is 10.3. The van der Waals surface area contributed by atoms with Gasteiger partial charge in [0.05, 0.1) is 0 Å². The van der Waals surface area contributed by atoms with Crippen molar-refractivity contribution in [1.29, 1.82) is 0 Å². The van der Waals surface area contributed by atoms with Gasteiger partial charge in [0.2, 0.25) is 5.91 Å². The van der Waals surface area contributed by atoms with Gasteiger partial charge in [-0.2, -0.15) is 5.10 Å². The van der Waals surface area contributed by atoms with Crippen LogP contribution >= 0.6 is 0 Å². The van der Waals surface area contributed by atoms with E-state index in [9.17, 15) is 4.79 Å². The summed E-state index contributed by atoms with van der Waals surface area (Å²) in [4.78, 5) is 11.3. The van der Waals surface area contributed by atoms with Crippen LogP contribution in [0.15, 0.2) is 6.07 Å². The number of hydrogen-bond donors (Lipinski definition) is 1. The summed E-state index contributed by atoms with van der Waals surface area (Å²) in [6.07, 6.45) is 6.52. The SMILES string of the molecule is C#Cc1cc(NC(=O)CCC)n(C)n1. The van der Waals surface area contributed by atoms with Gasteiger partial charge in [0, 0.05) is 19.5 Å². The maximum Gasteiger partial charge on any atom is 0.225 e. The first-order valence-electron chi connectivity index (χ1n) is 4.48. The number of carbonyl (C=O) groups excluding carboxylic acids is 1. The molecule has 1 aromatic heterocycles. The van der Waals surface area contributed by atoms with Crippen LogP contribution in [-0.2, 0) is 11.8 Å². The minimum atomic E-state index is -0.0147. The van der Waals surface area contributed by atoms with Crippen LogP contribution in [0, 0.1) is 12.3 Å². The van der Waals surface area contributed by atoms with Crippen molar-refractivity contribution in [1.82, 2.24) is 9.78 Å². The Hall–Kier alpha value is -1.76. The molecule has 0 saturated heterocycles. The van der Waals surface area contributed by atoms with Crippen LogP contribution in [0.2, 0.25) is 0 Å². The fourth-order valence-electron chi connectivity index (χ4n) is 1.09. The average Bonchev–Trinajstić information content (AvgIpc) is 2.48. The van der Waals surface area contributed by atoms with E-state index < -0.39 is 0 Å². The number of aryl methyl sites for hydroxylation is 1. The van der Waals surface area contributed by atoms with E-state index in [0.29, 0.717) is 17.9 Å². The van der Waals surface area contributed by atoms with Crippen molar-refractivity contribution < 1.29 is 4.79 Å². The Bertz CT molecular complexity index is 373. The molecule has 0 aliphatic heterocycles. The standard InChI is InChI=1S/C10H13N3O/c1-4-6-10(14)11-9-7-8(5-2)12-13(9)3/h2,7H,4,6H2,1,3H3,(H,11,14). The normalized spacial score (nSPS) is 9.50. The molecule has 0 atom stereocenters. The van der Waals surface area contributed by atoms with E-state index >= 15 is 0 Å². The number of hydrogen-bond acceptors (Lipinski definition) is 2. The highest BCUT2D eigenvalue weighted by molar-refractivity contribution is 5.89. The fourth-order valence-corrected chi connectivity index (χ4v) is 1.09. The minimum Gasteiger partial charge on any atom is -0.311 e. The molecule has 0 aromatic carbocycles. The van der Waals surface area contributed by atoms with Gasteiger partial charge in [0.1, 0.15) is 11.5 Å². The van der Waals surface area contributed by atoms with E-state index in [1.54, 1.807) is 17.8 Å². The van der Waals surface area contributed by atoms with Crippen LogP contribution in [-0.4, -0.2) is 15.7 Å². The van der Waals surface area contributed by atoms with Gasteiger partial charge in [-0.1, -0.05) is 6.92 Å². The first-order chi connectivity index (χ1) is 6.67. The van der Waals surface area contributed by atoms with Crippen molar-refractivity contribution in [2.24, 2.45) is 7.05 Å². The summed E-state index contributed by atoms with van der Waals surface area (Å²) in [6, 6.07) is 1.67. The van der Waals surface area contributed by atoms with E-state index in [-0.39, 0.29) is 5.91 Å². The Balaban J connectivity index is 2.72. The van der Waals surface area contributed by atoms with Gasteiger partial charge in [-0.05, 0) is 12.3 Å². The lowest BCUT2D eigenvalue weighted by Crippen LogP contribution is -2.13. The Morgan fingerprint density at radius 3 is 3.00 bits per heavy atom. The van der Waals surface area contributed by atoms with Crippen LogP contribution in [0.4, 0.5) is 5.82 Å². The van der Waals surface area contributed by atoms with Gasteiger partial charge < -0.3 is 5.32 Å². The Morgan fingerprint density at radius 2 is 2.50 bits per heavy atom. The van der Waals surface area contributed by atoms with Crippen molar-refractivity contribution >= 4 is 11.7 Å². The summed E-state index contributed by atoms with van der Waals surface area (Å²) in [5.74, 6) is 3.03. The highest BCUT2D eigenvalue weighted by Gasteiger charge is 2.06. The fraction of sp³-hybridized carbons (Fsp3) is 0.400. The molecule has 1 N–H and O–H groups in total. The monoisotopic (exact) mass is 191 g/mol. The lowest BCUT2D eigenvalue weighted by molar-refractivity contribution is -0.116. The van der Waals surface area contributed by atoms with Crippen molar-refractivity contribution in [3.8, 4) is 12.3 Å². The summed E-state index contributed by atoms with van der Waals surface area (Å²) in [5.41, 5.74) is 0.527. The van der Waals surface area contributed by atoms with E-state index in [1.165, 1.54) is 0 Å². The van der Waals surface area contributed by atoms with Gasteiger partial charge in [-0.3, -0.25) is 9.48 Å². The van der Waals surface area contributed by atoms with E-state index in [0.717, 1.165) is 6.42 Å².